The summed E-state index contributed by atoms with van der Waals surface area (Å²) in [6, 6.07) is 6.29. The van der Waals surface area contributed by atoms with Crippen molar-refractivity contribution in [3.8, 4) is 0 Å². The molecular weight excluding hydrogens is 324 g/mol. The maximum atomic E-state index is 6.08. The molecule has 0 radical (unpaired) electrons. The number of hydrogen-bond acceptors (Lipinski definition) is 1. The molecule has 1 fully saturated rings. The van der Waals surface area contributed by atoms with Gasteiger partial charge in [0.2, 0.25) is 0 Å². The van der Waals surface area contributed by atoms with E-state index in [0.717, 1.165) is 22.4 Å². The van der Waals surface area contributed by atoms with Gasteiger partial charge in [0.25, 0.3) is 0 Å². The minimum absolute atomic E-state index is 0.404. The fourth-order valence-electron chi connectivity index (χ4n) is 3.20. The molecule has 102 valence electrons. The molecule has 3 rings (SSSR count). The number of hydrogen-bond donors (Lipinski definition) is 0. The summed E-state index contributed by atoms with van der Waals surface area (Å²) in [4.78, 5) is 4.67. The van der Waals surface area contributed by atoms with Gasteiger partial charge in [-0.25, -0.2) is 4.98 Å². The summed E-state index contributed by atoms with van der Waals surface area (Å²) in [7, 11) is 0. The van der Waals surface area contributed by atoms with Crippen LogP contribution in [0.25, 0.3) is 11.0 Å². The van der Waals surface area contributed by atoms with Gasteiger partial charge in [-0.3, -0.25) is 0 Å². The first-order valence-electron chi connectivity index (χ1n) is 6.82. The van der Waals surface area contributed by atoms with Gasteiger partial charge in [-0.2, -0.15) is 0 Å². The van der Waals surface area contributed by atoms with E-state index in [0.29, 0.717) is 11.3 Å². The molecule has 0 spiro atoms. The van der Waals surface area contributed by atoms with E-state index in [1.807, 2.05) is 0 Å². The third-order valence-electron chi connectivity index (χ3n) is 4.26. The maximum Gasteiger partial charge on any atom is 0.124 e. The van der Waals surface area contributed by atoms with Crippen LogP contribution in [0, 0.1) is 5.41 Å². The number of halogens is 2. The molecule has 2 aromatic rings. The Bertz CT molecular complexity index is 599. The summed E-state index contributed by atoms with van der Waals surface area (Å²) in [5, 5.41) is 0. The second-order valence-electron chi connectivity index (χ2n) is 5.90. The summed E-state index contributed by atoms with van der Waals surface area (Å²) in [5.74, 6) is 1.46. The average Bonchev–Trinajstić information content (AvgIpc) is 2.94. The summed E-state index contributed by atoms with van der Waals surface area (Å²) < 4.78 is 3.39. The summed E-state index contributed by atoms with van der Waals surface area (Å²) >= 11 is 9.58. The van der Waals surface area contributed by atoms with Crippen LogP contribution in [0.3, 0.4) is 0 Å². The van der Waals surface area contributed by atoms with Gasteiger partial charge in [-0.1, -0.05) is 35.7 Å². The number of fused-ring (bicyclic) bond motifs is 1. The third kappa shape index (κ3) is 2.55. The van der Waals surface area contributed by atoms with Gasteiger partial charge in [-0.15, -0.1) is 11.6 Å². The number of aromatic nitrogens is 2. The highest BCUT2D eigenvalue weighted by atomic mass is 79.9. The van der Waals surface area contributed by atoms with Crippen molar-refractivity contribution in [2.45, 2.75) is 45.0 Å². The van der Waals surface area contributed by atoms with E-state index in [2.05, 4.69) is 50.6 Å². The molecule has 0 saturated heterocycles. The Morgan fingerprint density at radius 2 is 2.11 bits per heavy atom. The Hall–Kier alpha value is -0.540. The van der Waals surface area contributed by atoms with Crippen molar-refractivity contribution in [3.05, 3.63) is 28.5 Å². The van der Waals surface area contributed by atoms with Crippen molar-refractivity contribution < 1.29 is 0 Å². The first-order chi connectivity index (χ1) is 9.11. The molecule has 0 atom stereocenters. The van der Waals surface area contributed by atoms with E-state index >= 15 is 0 Å². The molecule has 1 aliphatic carbocycles. The van der Waals surface area contributed by atoms with Crippen molar-refractivity contribution in [2.24, 2.45) is 5.41 Å². The van der Waals surface area contributed by atoms with E-state index in [1.54, 1.807) is 0 Å². The Morgan fingerprint density at radius 3 is 2.79 bits per heavy atom. The summed E-state index contributed by atoms with van der Waals surface area (Å²) in [6.07, 6.45) is 5.33. The minimum atomic E-state index is 0.404. The monoisotopic (exact) mass is 340 g/mol. The number of nitrogens with zero attached hydrogens (tertiary/aromatic N) is 2. The van der Waals surface area contributed by atoms with Crippen molar-refractivity contribution in [3.63, 3.8) is 0 Å². The van der Waals surface area contributed by atoms with E-state index in [1.165, 1.54) is 31.2 Å². The van der Waals surface area contributed by atoms with Crippen LogP contribution in [0.1, 0.15) is 38.4 Å². The SMILES string of the molecule is CC1(Cn2c(CCl)nc3cc(Br)ccc32)CCCC1. The summed E-state index contributed by atoms with van der Waals surface area (Å²) in [5.41, 5.74) is 2.64. The standard InChI is InChI=1S/C15H18BrClN2/c1-15(6-2-3-7-15)10-19-13-5-4-11(16)8-12(13)18-14(19)9-17/h4-5,8H,2-3,6-7,9-10H2,1H3. The van der Waals surface area contributed by atoms with E-state index in [4.69, 9.17) is 11.6 Å². The number of alkyl halides is 1. The van der Waals surface area contributed by atoms with Crippen molar-refractivity contribution in [1.82, 2.24) is 9.55 Å². The highest BCUT2D eigenvalue weighted by Gasteiger charge is 2.30. The molecule has 2 nitrogen and oxygen atoms in total. The molecule has 0 amide bonds. The zero-order valence-electron chi connectivity index (χ0n) is 11.1. The van der Waals surface area contributed by atoms with Gasteiger partial charge in [-0.05, 0) is 36.5 Å². The van der Waals surface area contributed by atoms with E-state index in [-0.39, 0.29) is 0 Å². The second kappa shape index (κ2) is 5.10. The predicted molar refractivity (Wildman–Crippen MR) is 83.6 cm³/mol. The van der Waals surface area contributed by atoms with Crippen LogP contribution in [0.5, 0.6) is 0 Å². The second-order valence-corrected chi connectivity index (χ2v) is 7.08. The molecule has 0 N–H and O–H groups in total. The lowest BCUT2D eigenvalue weighted by Crippen LogP contribution is -2.20. The van der Waals surface area contributed by atoms with Crippen LogP contribution in [0.15, 0.2) is 22.7 Å². The summed E-state index contributed by atoms with van der Waals surface area (Å²) in [6.45, 7) is 3.43. The molecular formula is C15H18BrClN2. The topological polar surface area (TPSA) is 17.8 Å². The van der Waals surface area contributed by atoms with E-state index < -0.39 is 0 Å². The maximum absolute atomic E-state index is 6.08. The lowest BCUT2D eigenvalue weighted by molar-refractivity contribution is 0.282. The smallest absolute Gasteiger partial charge is 0.124 e. The molecule has 1 saturated carbocycles. The van der Waals surface area contributed by atoms with Gasteiger partial charge in [0.05, 0.1) is 16.9 Å². The molecule has 4 heteroatoms. The minimum Gasteiger partial charge on any atom is -0.326 e. The van der Waals surface area contributed by atoms with Crippen molar-refractivity contribution >= 4 is 38.6 Å². The molecule has 19 heavy (non-hydrogen) atoms. The fourth-order valence-corrected chi connectivity index (χ4v) is 3.75. The number of benzene rings is 1. The predicted octanol–water partition coefficient (Wildman–Crippen LogP) is 5.12. The Morgan fingerprint density at radius 1 is 1.37 bits per heavy atom. The van der Waals surface area contributed by atoms with Crippen LogP contribution < -0.4 is 0 Å². The number of rotatable bonds is 3. The zero-order valence-corrected chi connectivity index (χ0v) is 13.5. The van der Waals surface area contributed by atoms with Crippen molar-refractivity contribution in [1.29, 1.82) is 0 Å². The molecule has 0 unspecified atom stereocenters. The van der Waals surface area contributed by atoms with Crippen LogP contribution in [-0.4, -0.2) is 9.55 Å². The normalized spacial score (nSPS) is 18.3. The van der Waals surface area contributed by atoms with Gasteiger partial charge < -0.3 is 4.57 Å². The van der Waals surface area contributed by atoms with Gasteiger partial charge in [0.1, 0.15) is 5.82 Å². The highest BCUT2D eigenvalue weighted by molar-refractivity contribution is 9.10. The first-order valence-corrected chi connectivity index (χ1v) is 8.15. The van der Waals surface area contributed by atoms with Gasteiger partial charge >= 0.3 is 0 Å². The Kier molecular flexibility index (Phi) is 3.61. The first kappa shape index (κ1) is 13.4. The van der Waals surface area contributed by atoms with Crippen LogP contribution >= 0.6 is 27.5 Å². The molecule has 1 aliphatic rings. The Balaban J connectivity index is 2.05. The van der Waals surface area contributed by atoms with Crippen molar-refractivity contribution in [2.75, 3.05) is 0 Å². The fraction of sp³-hybridized carbons (Fsp3) is 0.533. The molecule has 1 aromatic heterocycles. The number of imidazole rings is 1. The lowest BCUT2D eigenvalue weighted by atomic mass is 9.89. The molecule has 0 bridgehead atoms. The van der Waals surface area contributed by atoms with Gasteiger partial charge in [0.15, 0.2) is 0 Å². The van der Waals surface area contributed by atoms with E-state index in [9.17, 15) is 0 Å². The largest absolute Gasteiger partial charge is 0.326 e. The van der Waals surface area contributed by atoms with Crippen LogP contribution in [0.4, 0.5) is 0 Å². The lowest BCUT2D eigenvalue weighted by Gasteiger charge is -2.25. The third-order valence-corrected chi connectivity index (χ3v) is 4.99. The van der Waals surface area contributed by atoms with Gasteiger partial charge in [0, 0.05) is 11.0 Å². The Labute approximate surface area is 127 Å². The van der Waals surface area contributed by atoms with Crippen LogP contribution in [0.2, 0.25) is 0 Å². The zero-order chi connectivity index (χ0) is 13.5. The average molecular weight is 342 g/mol. The molecule has 1 aromatic carbocycles. The van der Waals surface area contributed by atoms with Crippen LogP contribution in [-0.2, 0) is 12.4 Å². The quantitative estimate of drug-likeness (QED) is 0.709. The highest BCUT2D eigenvalue weighted by Crippen LogP contribution is 2.40. The molecule has 1 heterocycles. The molecule has 0 aliphatic heterocycles.